The Labute approximate surface area is 171 Å². The number of carbonyl (C=O) groups excluding carboxylic acids is 2. The molecule has 0 radical (unpaired) electrons. The zero-order chi connectivity index (χ0) is 20.8. The quantitative estimate of drug-likeness (QED) is 0.582. The Morgan fingerprint density at radius 1 is 1.14 bits per heavy atom. The highest BCUT2D eigenvalue weighted by Crippen LogP contribution is 2.17. The van der Waals surface area contributed by atoms with Crippen LogP contribution in [0.15, 0.2) is 53.9 Å². The van der Waals surface area contributed by atoms with Crippen LogP contribution in [0.2, 0.25) is 0 Å². The molecule has 0 fully saturated rings. The monoisotopic (exact) mass is 414 g/mol. The lowest BCUT2D eigenvalue weighted by molar-refractivity contribution is -0.123. The van der Waals surface area contributed by atoms with Gasteiger partial charge in [0, 0.05) is 11.1 Å². The molecule has 150 valence electrons. The second-order valence-electron chi connectivity index (χ2n) is 6.21. The Morgan fingerprint density at radius 3 is 2.45 bits per heavy atom. The summed E-state index contributed by atoms with van der Waals surface area (Å²) >= 11 is 1.55. The van der Waals surface area contributed by atoms with Crippen LogP contribution >= 0.6 is 11.3 Å². The largest absolute Gasteiger partial charge is 0.487 e. The SMILES string of the molecule is Cc1nc(COc2ccc(C(=O)O[C@H](C)C(=O)Nc3ccc(F)cc3)cc2)cs1. The van der Waals surface area contributed by atoms with Gasteiger partial charge >= 0.3 is 5.97 Å². The first kappa shape index (κ1) is 20.5. The van der Waals surface area contributed by atoms with E-state index in [4.69, 9.17) is 9.47 Å². The molecule has 1 atom stereocenters. The summed E-state index contributed by atoms with van der Waals surface area (Å²) in [4.78, 5) is 28.7. The molecule has 0 saturated heterocycles. The topological polar surface area (TPSA) is 77.5 Å². The number of benzene rings is 2. The molecular formula is C21H19FN2O4S. The van der Waals surface area contributed by atoms with Gasteiger partial charge in [0.05, 0.1) is 16.3 Å². The van der Waals surface area contributed by atoms with E-state index in [0.717, 1.165) is 10.7 Å². The molecule has 1 heterocycles. The fourth-order valence-electron chi connectivity index (χ4n) is 2.38. The molecule has 0 unspecified atom stereocenters. The number of hydrogen-bond donors (Lipinski definition) is 1. The van der Waals surface area contributed by atoms with Crippen molar-refractivity contribution in [1.29, 1.82) is 0 Å². The van der Waals surface area contributed by atoms with Crippen molar-refractivity contribution in [2.75, 3.05) is 5.32 Å². The highest BCUT2D eigenvalue weighted by molar-refractivity contribution is 7.09. The molecule has 3 aromatic rings. The number of aromatic nitrogens is 1. The Bertz CT molecular complexity index is 987. The summed E-state index contributed by atoms with van der Waals surface area (Å²) in [5.41, 5.74) is 1.55. The number of rotatable bonds is 7. The maximum Gasteiger partial charge on any atom is 0.338 e. The summed E-state index contributed by atoms with van der Waals surface area (Å²) in [6.07, 6.45) is -1.02. The van der Waals surface area contributed by atoms with Crippen molar-refractivity contribution < 1.29 is 23.5 Å². The molecule has 0 aliphatic rings. The second-order valence-corrected chi connectivity index (χ2v) is 7.28. The van der Waals surface area contributed by atoms with Crippen molar-refractivity contribution in [2.45, 2.75) is 26.6 Å². The third-order valence-electron chi connectivity index (χ3n) is 3.91. The molecule has 0 spiro atoms. The fourth-order valence-corrected chi connectivity index (χ4v) is 2.98. The lowest BCUT2D eigenvalue weighted by Gasteiger charge is -2.14. The number of halogens is 1. The van der Waals surface area contributed by atoms with Crippen LogP contribution in [0.1, 0.15) is 28.0 Å². The van der Waals surface area contributed by atoms with E-state index in [1.54, 1.807) is 35.6 Å². The summed E-state index contributed by atoms with van der Waals surface area (Å²) in [5, 5.41) is 5.46. The van der Waals surface area contributed by atoms with E-state index >= 15 is 0 Å². The van der Waals surface area contributed by atoms with Gasteiger partial charge in [-0.3, -0.25) is 4.79 Å². The van der Waals surface area contributed by atoms with Crippen LogP contribution in [0.3, 0.4) is 0 Å². The van der Waals surface area contributed by atoms with E-state index in [1.807, 2.05) is 12.3 Å². The Hall–Kier alpha value is -3.26. The van der Waals surface area contributed by atoms with Gasteiger partial charge in [-0.1, -0.05) is 0 Å². The van der Waals surface area contributed by atoms with Crippen LogP contribution in [0, 0.1) is 12.7 Å². The normalized spacial score (nSPS) is 11.6. The highest BCUT2D eigenvalue weighted by Gasteiger charge is 2.19. The molecule has 2 aromatic carbocycles. The molecule has 1 N–H and O–H groups in total. The van der Waals surface area contributed by atoms with E-state index in [0.29, 0.717) is 23.6 Å². The number of thiazole rings is 1. The molecule has 6 nitrogen and oxygen atoms in total. The number of amides is 1. The van der Waals surface area contributed by atoms with Gasteiger partial charge in [-0.05, 0) is 62.4 Å². The average Bonchev–Trinajstić information content (AvgIpc) is 3.13. The molecule has 8 heteroatoms. The smallest absolute Gasteiger partial charge is 0.338 e. The third kappa shape index (κ3) is 5.86. The Balaban J connectivity index is 1.51. The van der Waals surface area contributed by atoms with Crippen molar-refractivity contribution >= 4 is 28.9 Å². The van der Waals surface area contributed by atoms with E-state index in [-0.39, 0.29) is 0 Å². The van der Waals surface area contributed by atoms with Gasteiger partial charge in [0.2, 0.25) is 0 Å². The third-order valence-corrected chi connectivity index (χ3v) is 4.73. The van der Waals surface area contributed by atoms with Gasteiger partial charge in [0.25, 0.3) is 5.91 Å². The summed E-state index contributed by atoms with van der Waals surface area (Å²) in [7, 11) is 0. The predicted octanol–water partition coefficient (Wildman–Crippen LogP) is 4.35. The number of ether oxygens (including phenoxy) is 2. The van der Waals surface area contributed by atoms with Crippen molar-refractivity contribution in [3.8, 4) is 5.75 Å². The lowest BCUT2D eigenvalue weighted by atomic mass is 10.2. The van der Waals surface area contributed by atoms with Crippen molar-refractivity contribution in [3.05, 3.63) is 76.0 Å². The van der Waals surface area contributed by atoms with Crippen LogP contribution in [-0.4, -0.2) is 23.0 Å². The molecule has 3 rings (SSSR count). The molecule has 1 amide bonds. The molecular weight excluding hydrogens is 395 g/mol. The number of hydrogen-bond acceptors (Lipinski definition) is 6. The minimum atomic E-state index is -1.02. The number of esters is 1. The molecule has 1 aromatic heterocycles. The first-order valence-electron chi connectivity index (χ1n) is 8.82. The number of aryl methyl sites for hydroxylation is 1. The summed E-state index contributed by atoms with van der Waals surface area (Å²) in [6.45, 7) is 3.73. The molecule has 0 aliphatic heterocycles. The van der Waals surface area contributed by atoms with Crippen LogP contribution in [-0.2, 0) is 16.1 Å². The maximum absolute atomic E-state index is 12.9. The van der Waals surface area contributed by atoms with Crippen LogP contribution in [0.4, 0.5) is 10.1 Å². The average molecular weight is 414 g/mol. The number of anilines is 1. The van der Waals surface area contributed by atoms with E-state index in [2.05, 4.69) is 10.3 Å². The summed E-state index contributed by atoms with van der Waals surface area (Å²) in [5.74, 6) is -0.956. The van der Waals surface area contributed by atoms with Gasteiger partial charge in [0.15, 0.2) is 6.10 Å². The van der Waals surface area contributed by atoms with Crippen molar-refractivity contribution in [3.63, 3.8) is 0 Å². The van der Waals surface area contributed by atoms with Gasteiger partial charge in [-0.2, -0.15) is 0 Å². The Kier molecular flexibility index (Phi) is 6.56. The minimum Gasteiger partial charge on any atom is -0.487 e. The van der Waals surface area contributed by atoms with Gasteiger partial charge in [0.1, 0.15) is 18.2 Å². The van der Waals surface area contributed by atoms with Crippen LogP contribution in [0.5, 0.6) is 5.75 Å². The Morgan fingerprint density at radius 2 is 1.83 bits per heavy atom. The van der Waals surface area contributed by atoms with E-state index < -0.39 is 23.8 Å². The molecule has 0 aliphatic carbocycles. The van der Waals surface area contributed by atoms with Gasteiger partial charge in [-0.25, -0.2) is 14.2 Å². The summed E-state index contributed by atoms with van der Waals surface area (Å²) in [6, 6.07) is 11.7. The van der Waals surface area contributed by atoms with E-state index in [1.165, 1.54) is 31.2 Å². The molecule has 0 bridgehead atoms. The van der Waals surface area contributed by atoms with Crippen molar-refractivity contribution in [2.24, 2.45) is 0 Å². The number of nitrogens with zero attached hydrogens (tertiary/aromatic N) is 1. The first-order valence-corrected chi connectivity index (χ1v) is 9.70. The highest BCUT2D eigenvalue weighted by atomic mass is 32.1. The van der Waals surface area contributed by atoms with E-state index in [9.17, 15) is 14.0 Å². The maximum atomic E-state index is 12.9. The van der Waals surface area contributed by atoms with Crippen molar-refractivity contribution in [1.82, 2.24) is 4.98 Å². The minimum absolute atomic E-state index is 0.295. The zero-order valence-electron chi connectivity index (χ0n) is 15.8. The lowest BCUT2D eigenvalue weighted by Crippen LogP contribution is -2.30. The van der Waals surface area contributed by atoms with Crippen LogP contribution in [0.25, 0.3) is 0 Å². The second kappa shape index (κ2) is 9.29. The standard InChI is InChI=1S/C21H19FN2O4S/c1-13(20(25)24-17-7-5-16(22)6-8-17)28-21(26)15-3-9-19(10-4-15)27-11-18-12-29-14(2)23-18/h3-10,12-13H,11H2,1-2H3,(H,24,25)/t13-/m1/s1. The molecule has 29 heavy (non-hydrogen) atoms. The summed E-state index contributed by atoms with van der Waals surface area (Å²) < 4.78 is 23.7. The van der Waals surface area contributed by atoms with Gasteiger partial charge < -0.3 is 14.8 Å². The number of carbonyl (C=O) groups is 2. The zero-order valence-corrected chi connectivity index (χ0v) is 16.7. The van der Waals surface area contributed by atoms with Crippen LogP contribution < -0.4 is 10.1 Å². The predicted molar refractivity (Wildman–Crippen MR) is 108 cm³/mol. The fraction of sp³-hybridized carbons (Fsp3) is 0.190. The number of nitrogens with one attached hydrogen (secondary N) is 1. The molecule has 0 saturated carbocycles. The van der Waals surface area contributed by atoms with Gasteiger partial charge in [-0.15, -0.1) is 11.3 Å². The first-order chi connectivity index (χ1) is 13.9.